The van der Waals surface area contributed by atoms with Crippen LogP contribution in [0.5, 0.6) is 5.75 Å². The van der Waals surface area contributed by atoms with Crippen molar-refractivity contribution in [3.8, 4) is 5.75 Å². The van der Waals surface area contributed by atoms with Crippen LogP contribution in [-0.4, -0.2) is 28.0 Å². The van der Waals surface area contributed by atoms with E-state index in [-0.39, 0.29) is 22.9 Å². The van der Waals surface area contributed by atoms with Crippen molar-refractivity contribution in [3.63, 3.8) is 0 Å². The normalized spacial score (nSPS) is 9.67. The fraction of sp³-hybridized carbons (Fsp3) is 0.111. The molecular weight excluding hydrogens is 222 g/mol. The molecule has 0 fully saturated rings. The van der Waals surface area contributed by atoms with E-state index in [9.17, 15) is 14.7 Å². The van der Waals surface area contributed by atoms with Gasteiger partial charge in [-0.05, 0) is 18.2 Å². The molecule has 15 heavy (non-hydrogen) atoms. The third-order valence-corrected chi connectivity index (χ3v) is 1.87. The van der Waals surface area contributed by atoms with Gasteiger partial charge in [-0.15, -0.1) is 11.6 Å². The number of hydrogen-bond acceptors (Lipinski definition) is 3. The number of hydrogen-bond donors (Lipinski definition) is 3. The molecule has 0 spiro atoms. The Morgan fingerprint density at radius 1 is 1.40 bits per heavy atom. The summed E-state index contributed by atoms with van der Waals surface area (Å²) < 4.78 is 0. The van der Waals surface area contributed by atoms with Gasteiger partial charge in [0.1, 0.15) is 17.2 Å². The lowest BCUT2D eigenvalue weighted by atomic mass is 10.2. The number of carboxylic acids is 1. The van der Waals surface area contributed by atoms with E-state index in [1.54, 1.807) is 0 Å². The lowest BCUT2D eigenvalue weighted by molar-refractivity contribution is -0.113. The highest BCUT2D eigenvalue weighted by atomic mass is 35.5. The minimum absolute atomic E-state index is 0.219. The highest BCUT2D eigenvalue weighted by Gasteiger charge is 2.10. The number of benzene rings is 1. The molecule has 0 saturated carbocycles. The van der Waals surface area contributed by atoms with E-state index in [1.165, 1.54) is 12.1 Å². The van der Waals surface area contributed by atoms with Crippen LogP contribution >= 0.6 is 11.6 Å². The first-order valence-electron chi connectivity index (χ1n) is 3.96. The molecule has 80 valence electrons. The predicted octanol–water partition coefficient (Wildman–Crippen LogP) is 1.27. The zero-order valence-corrected chi connectivity index (χ0v) is 8.28. The lowest BCUT2D eigenvalue weighted by Crippen LogP contribution is -2.13. The molecule has 1 aromatic carbocycles. The number of carboxylic acid groups (broad SMARTS) is 1. The second-order valence-corrected chi connectivity index (χ2v) is 2.99. The van der Waals surface area contributed by atoms with Crippen LogP contribution in [-0.2, 0) is 4.79 Å². The Morgan fingerprint density at radius 3 is 2.60 bits per heavy atom. The first-order chi connectivity index (χ1) is 7.04. The van der Waals surface area contributed by atoms with Crippen LogP contribution in [0, 0.1) is 0 Å². The highest BCUT2D eigenvalue weighted by Crippen LogP contribution is 2.21. The molecule has 0 aliphatic rings. The summed E-state index contributed by atoms with van der Waals surface area (Å²) in [5.41, 5.74) is -0.00165. The topological polar surface area (TPSA) is 86.6 Å². The van der Waals surface area contributed by atoms with Gasteiger partial charge in [0.05, 0.1) is 0 Å². The number of aromatic carboxylic acids is 1. The quantitative estimate of drug-likeness (QED) is 0.538. The van der Waals surface area contributed by atoms with E-state index >= 15 is 0 Å². The van der Waals surface area contributed by atoms with Crippen molar-refractivity contribution in [2.45, 2.75) is 0 Å². The average Bonchev–Trinajstić information content (AvgIpc) is 2.20. The third kappa shape index (κ3) is 2.85. The maximum atomic E-state index is 10.9. The van der Waals surface area contributed by atoms with Crippen LogP contribution in [0.2, 0.25) is 0 Å². The molecule has 3 N–H and O–H groups in total. The first-order valence-corrected chi connectivity index (χ1v) is 4.50. The summed E-state index contributed by atoms with van der Waals surface area (Å²) in [5.74, 6) is -2.29. The monoisotopic (exact) mass is 229 g/mol. The van der Waals surface area contributed by atoms with E-state index in [0.29, 0.717) is 0 Å². The molecule has 0 saturated heterocycles. The van der Waals surface area contributed by atoms with Gasteiger partial charge in [0, 0.05) is 5.69 Å². The number of alkyl halides is 1. The van der Waals surface area contributed by atoms with Crippen molar-refractivity contribution in [2.75, 3.05) is 11.2 Å². The van der Waals surface area contributed by atoms with Gasteiger partial charge >= 0.3 is 5.97 Å². The number of phenols is 1. The van der Waals surface area contributed by atoms with Crippen LogP contribution in [0.4, 0.5) is 5.69 Å². The van der Waals surface area contributed by atoms with Crippen molar-refractivity contribution in [3.05, 3.63) is 23.8 Å². The van der Waals surface area contributed by atoms with Crippen molar-refractivity contribution >= 4 is 29.2 Å². The predicted molar refractivity (Wildman–Crippen MR) is 54.4 cm³/mol. The smallest absolute Gasteiger partial charge is 0.339 e. The van der Waals surface area contributed by atoms with Gasteiger partial charge in [0.25, 0.3) is 0 Å². The number of halogens is 1. The molecule has 5 nitrogen and oxygen atoms in total. The second kappa shape index (κ2) is 4.65. The summed E-state index contributed by atoms with van der Waals surface area (Å²) in [6.07, 6.45) is 0. The molecule has 1 aromatic rings. The van der Waals surface area contributed by atoms with Gasteiger partial charge in [-0.3, -0.25) is 4.79 Å². The highest BCUT2D eigenvalue weighted by molar-refractivity contribution is 6.29. The number of nitrogens with one attached hydrogen (secondary N) is 1. The minimum atomic E-state index is -1.27. The summed E-state index contributed by atoms with van der Waals surface area (Å²) >= 11 is 5.26. The molecule has 0 aromatic heterocycles. The summed E-state index contributed by atoms with van der Waals surface area (Å²) in [4.78, 5) is 21.5. The Bertz CT molecular complexity index is 405. The SMILES string of the molecule is O=C(CCl)Nc1ccc(O)c(C(=O)O)c1. The Balaban J connectivity index is 2.97. The lowest BCUT2D eigenvalue weighted by Gasteiger charge is -2.05. The Morgan fingerprint density at radius 2 is 2.07 bits per heavy atom. The van der Waals surface area contributed by atoms with Gasteiger partial charge in [0.2, 0.25) is 5.91 Å². The molecule has 0 atom stereocenters. The average molecular weight is 230 g/mol. The number of anilines is 1. The molecule has 0 bridgehead atoms. The molecule has 1 amide bonds. The molecule has 1 rings (SSSR count). The maximum Gasteiger partial charge on any atom is 0.339 e. The molecule has 0 radical (unpaired) electrons. The Hall–Kier alpha value is -1.75. The van der Waals surface area contributed by atoms with E-state index in [4.69, 9.17) is 16.7 Å². The number of rotatable bonds is 3. The number of carbonyl (C=O) groups excluding carboxylic acids is 1. The fourth-order valence-corrected chi connectivity index (χ4v) is 1.05. The van der Waals surface area contributed by atoms with Gasteiger partial charge in [-0.25, -0.2) is 4.79 Å². The van der Waals surface area contributed by atoms with E-state index in [0.717, 1.165) is 6.07 Å². The fourth-order valence-electron chi connectivity index (χ4n) is 0.979. The summed E-state index contributed by atoms with van der Waals surface area (Å²) in [5, 5.41) is 20.2. The van der Waals surface area contributed by atoms with Crippen molar-refractivity contribution in [1.29, 1.82) is 0 Å². The van der Waals surface area contributed by atoms with Gasteiger partial charge in [-0.1, -0.05) is 0 Å². The minimum Gasteiger partial charge on any atom is -0.507 e. The zero-order valence-electron chi connectivity index (χ0n) is 7.53. The first kappa shape index (κ1) is 11.3. The third-order valence-electron chi connectivity index (χ3n) is 1.63. The zero-order chi connectivity index (χ0) is 11.4. The largest absolute Gasteiger partial charge is 0.507 e. The number of aromatic hydroxyl groups is 1. The molecule has 0 aliphatic heterocycles. The molecule has 0 unspecified atom stereocenters. The van der Waals surface area contributed by atoms with Crippen LogP contribution in [0.25, 0.3) is 0 Å². The van der Waals surface area contributed by atoms with E-state index in [2.05, 4.69) is 5.32 Å². The van der Waals surface area contributed by atoms with Crippen LogP contribution in [0.15, 0.2) is 18.2 Å². The van der Waals surface area contributed by atoms with Gasteiger partial charge in [0.15, 0.2) is 0 Å². The molecule has 6 heteroatoms. The molecule has 0 aliphatic carbocycles. The summed E-state index contributed by atoms with van der Waals surface area (Å²) in [6, 6.07) is 3.72. The van der Waals surface area contributed by atoms with Crippen molar-refractivity contribution in [1.82, 2.24) is 0 Å². The van der Waals surface area contributed by atoms with Crippen LogP contribution in [0.1, 0.15) is 10.4 Å². The number of carbonyl (C=O) groups is 2. The van der Waals surface area contributed by atoms with Crippen LogP contribution < -0.4 is 5.32 Å². The van der Waals surface area contributed by atoms with Crippen LogP contribution in [0.3, 0.4) is 0 Å². The second-order valence-electron chi connectivity index (χ2n) is 2.72. The maximum absolute atomic E-state index is 10.9. The van der Waals surface area contributed by atoms with Gasteiger partial charge < -0.3 is 15.5 Å². The standard InChI is InChI=1S/C9H8ClNO4/c10-4-8(13)11-5-1-2-7(12)6(3-5)9(14)15/h1-3,12H,4H2,(H,11,13)(H,14,15). The summed E-state index contributed by atoms with van der Waals surface area (Å²) in [6.45, 7) is 0. The van der Waals surface area contributed by atoms with E-state index < -0.39 is 11.9 Å². The van der Waals surface area contributed by atoms with Gasteiger partial charge in [-0.2, -0.15) is 0 Å². The number of amides is 1. The molecular formula is C9H8ClNO4. The summed E-state index contributed by atoms with van der Waals surface area (Å²) in [7, 11) is 0. The Kier molecular flexibility index (Phi) is 3.51. The Labute approximate surface area is 90.3 Å². The van der Waals surface area contributed by atoms with E-state index in [1.807, 2.05) is 0 Å². The van der Waals surface area contributed by atoms with Crippen molar-refractivity contribution in [2.24, 2.45) is 0 Å². The van der Waals surface area contributed by atoms with Crippen molar-refractivity contribution < 1.29 is 19.8 Å². The molecule has 0 heterocycles.